The number of amides is 1. The SMILES string of the molecule is O=CCCCC(=O)N1Cc2ccccc2C2=C(C2)c2ccccc21. The highest BCUT2D eigenvalue weighted by Crippen LogP contribution is 2.52. The number of anilines is 1. The molecule has 2 aromatic carbocycles. The second kappa shape index (κ2) is 6.08. The minimum atomic E-state index is 0.0869. The van der Waals surface area contributed by atoms with Crippen LogP contribution in [0.2, 0.25) is 0 Å². The van der Waals surface area contributed by atoms with Gasteiger partial charge in [0.1, 0.15) is 6.29 Å². The van der Waals surface area contributed by atoms with E-state index >= 15 is 0 Å². The fourth-order valence-electron chi connectivity index (χ4n) is 3.51. The summed E-state index contributed by atoms with van der Waals surface area (Å²) in [6.07, 6.45) is 3.33. The Labute approximate surface area is 141 Å². The second-order valence-electron chi connectivity index (χ2n) is 6.35. The second-order valence-corrected chi connectivity index (χ2v) is 6.35. The van der Waals surface area contributed by atoms with E-state index in [4.69, 9.17) is 0 Å². The molecule has 0 atom stereocenters. The van der Waals surface area contributed by atoms with Gasteiger partial charge in [0.05, 0.1) is 12.2 Å². The largest absolute Gasteiger partial charge is 0.307 e. The van der Waals surface area contributed by atoms with Crippen LogP contribution in [0.1, 0.15) is 42.4 Å². The van der Waals surface area contributed by atoms with Crippen molar-refractivity contribution >= 4 is 29.0 Å². The number of carbonyl (C=O) groups excluding carboxylic acids is 2. The maximum absolute atomic E-state index is 12.8. The third kappa shape index (κ3) is 2.56. The van der Waals surface area contributed by atoms with Gasteiger partial charge < -0.3 is 9.69 Å². The van der Waals surface area contributed by atoms with Crippen molar-refractivity contribution in [1.82, 2.24) is 0 Å². The first kappa shape index (κ1) is 14.9. The van der Waals surface area contributed by atoms with Gasteiger partial charge in [-0.2, -0.15) is 0 Å². The molecule has 2 aromatic rings. The van der Waals surface area contributed by atoms with Crippen LogP contribution in [0.4, 0.5) is 5.69 Å². The molecule has 0 fully saturated rings. The van der Waals surface area contributed by atoms with Crippen LogP contribution in [0.3, 0.4) is 0 Å². The zero-order valence-corrected chi connectivity index (χ0v) is 13.5. The number of para-hydroxylation sites is 1. The van der Waals surface area contributed by atoms with E-state index in [-0.39, 0.29) is 5.91 Å². The monoisotopic (exact) mass is 317 g/mol. The average Bonchev–Trinajstić information content (AvgIpc) is 3.39. The molecule has 1 heterocycles. The summed E-state index contributed by atoms with van der Waals surface area (Å²) in [6, 6.07) is 16.5. The van der Waals surface area contributed by atoms with Crippen molar-refractivity contribution in [3.63, 3.8) is 0 Å². The number of nitrogens with zero attached hydrogens (tertiary/aromatic N) is 1. The van der Waals surface area contributed by atoms with Gasteiger partial charge in [-0.1, -0.05) is 42.5 Å². The molecular formula is C21H19NO2. The predicted molar refractivity (Wildman–Crippen MR) is 95.4 cm³/mol. The van der Waals surface area contributed by atoms with E-state index in [9.17, 15) is 9.59 Å². The Balaban J connectivity index is 1.77. The smallest absolute Gasteiger partial charge is 0.227 e. The summed E-state index contributed by atoms with van der Waals surface area (Å²) in [4.78, 5) is 25.3. The van der Waals surface area contributed by atoms with E-state index in [1.807, 2.05) is 29.2 Å². The van der Waals surface area contributed by atoms with E-state index in [0.717, 1.165) is 18.4 Å². The number of benzene rings is 2. The number of aldehydes is 1. The first-order valence-electron chi connectivity index (χ1n) is 8.43. The molecule has 1 aliphatic carbocycles. The number of hydrogen-bond acceptors (Lipinski definition) is 2. The highest BCUT2D eigenvalue weighted by atomic mass is 16.2. The Morgan fingerprint density at radius 1 is 1.00 bits per heavy atom. The van der Waals surface area contributed by atoms with Crippen LogP contribution in [0.5, 0.6) is 0 Å². The van der Waals surface area contributed by atoms with Gasteiger partial charge in [0.25, 0.3) is 0 Å². The topological polar surface area (TPSA) is 37.4 Å². The molecule has 3 nitrogen and oxygen atoms in total. The number of carbonyl (C=O) groups is 2. The third-order valence-corrected chi connectivity index (χ3v) is 4.80. The van der Waals surface area contributed by atoms with Crippen LogP contribution in [-0.2, 0) is 16.1 Å². The molecule has 0 radical (unpaired) electrons. The lowest BCUT2D eigenvalue weighted by molar-refractivity contribution is -0.118. The number of allylic oxidation sites excluding steroid dienone is 2. The summed E-state index contributed by atoms with van der Waals surface area (Å²) in [5, 5.41) is 0. The maximum atomic E-state index is 12.8. The molecule has 1 aliphatic heterocycles. The van der Waals surface area contributed by atoms with Crippen molar-refractivity contribution in [2.24, 2.45) is 0 Å². The summed E-state index contributed by atoms with van der Waals surface area (Å²) in [5.74, 6) is 0.0869. The molecule has 2 aliphatic rings. The van der Waals surface area contributed by atoms with E-state index < -0.39 is 0 Å². The van der Waals surface area contributed by atoms with E-state index in [0.29, 0.717) is 25.8 Å². The van der Waals surface area contributed by atoms with E-state index in [1.54, 1.807) is 0 Å². The number of rotatable bonds is 4. The molecule has 0 spiro atoms. The van der Waals surface area contributed by atoms with Crippen molar-refractivity contribution in [3.8, 4) is 0 Å². The van der Waals surface area contributed by atoms with Crippen molar-refractivity contribution < 1.29 is 9.59 Å². The average molecular weight is 317 g/mol. The van der Waals surface area contributed by atoms with Crippen molar-refractivity contribution in [1.29, 1.82) is 0 Å². The summed E-state index contributed by atoms with van der Waals surface area (Å²) >= 11 is 0. The van der Waals surface area contributed by atoms with Crippen molar-refractivity contribution in [2.75, 3.05) is 4.90 Å². The van der Waals surface area contributed by atoms with Crippen LogP contribution in [-0.4, -0.2) is 12.2 Å². The first-order chi connectivity index (χ1) is 11.8. The fraction of sp³-hybridized carbons (Fsp3) is 0.238. The Hall–Kier alpha value is -2.68. The van der Waals surface area contributed by atoms with Gasteiger partial charge in [-0.05, 0) is 41.2 Å². The van der Waals surface area contributed by atoms with Crippen LogP contribution >= 0.6 is 0 Å². The standard InChI is InChI=1S/C21H19NO2/c23-12-6-5-11-21(24)22-14-15-7-1-2-8-16(15)18-13-19(18)17-9-3-4-10-20(17)22/h1-4,7-10,12H,5-6,11,13-14H2. The summed E-state index contributed by atoms with van der Waals surface area (Å²) < 4.78 is 0. The van der Waals surface area contributed by atoms with E-state index in [2.05, 4.69) is 24.3 Å². The minimum Gasteiger partial charge on any atom is -0.307 e. The highest BCUT2D eigenvalue weighted by molar-refractivity contribution is 6.12. The Morgan fingerprint density at radius 2 is 1.71 bits per heavy atom. The number of unbranched alkanes of at least 4 members (excludes halogenated alkanes) is 1. The minimum absolute atomic E-state index is 0.0869. The van der Waals surface area contributed by atoms with E-state index in [1.165, 1.54) is 27.8 Å². The highest BCUT2D eigenvalue weighted by Gasteiger charge is 2.32. The van der Waals surface area contributed by atoms with Crippen LogP contribution < -0.4 is 4.90 Å². The van der Waals surface area contributed by atoms with Gasteiger partial charge in [0, 0.05) is 18.4 Å². The van der Waals surface area contributed by atoms with Gasteiger partial charge in [-0.25, -0.2) is 0 Å². The molecule has 4 rings (SSSR count). The lowest BCUT2D eigenvalue weighted by Gasteiger charge is -2.27. The molecule has 0 N–H and O–H groups in total. The third-order valence-electron chi connectivity index (χ3n) is 4.80. The molecule has 0 unspecified atom stereocenters. The lowest BCUT2D eigenvalue weighted by atomic mass is 10.0. The van der Waals surface area contributed by atoms with Gasteiger partial charge in [0.2, 0.25) is 5.91 Å². The zero-order valence-electron chi connectivity index (χ0n) is 13.5. The lowest BCUT2D eigenvalue weighted by Crippen LogP contribution is -2.31. The van der Waals surface area contributed by atoms with Gasteiger partial charge in [-0.3, -0.25) is 4.79 Å². The molecule has 24 heavy (non-hydrogen) atoms. The number of hydrogen-bond donors (Lipinski definition) is 0. The van der Waals surface area contributed by atoms with Crippen molar-refractivity contribution in [3.05, 3.63) is 65.2 Å². The Morgan fingerprint density at radius 3 is 2.54 bits per heavy atom. The Bertz CT molecular complexity index is 850. The zero-order chi connectivity index (χ0) is 16.5. The summed E-state index contributed by atoms with van der Waals surface area (Å²) in [7, 11) is 0. The normalized spacial score (nSPS) is 14.9. The number of fused-ring (bicyclic) bond motifs is 4. The molecule has 0 saturated carbocycles. The Kier molecular flexibility index (Phi) is 3.77. The van der Waals surface area contributed by atoms with Crippen LogP contribution in [0.15, 0.2) is 48.5 Å². The van der Waals surface area contributed by atoms with Crippen LogP contribution in [0, 0.1) is 0 Å². The molecular weight excluding hydrogens is 298 g/mol. The summed E-state index contributed by atoms with van der Waals surface area (Å²) in [5.41, 5.74) is 7.39. The maximum Gasteiger partial charge on any atom is 0.227 e. The predicted octanol–water partition coefficient (Wildman–Crippen LogP) is 4.22. The first-order valence-corrected chi connectivity index (χ1v) is 8.43. The molecule has 3 heteroatoms. The molecule has 0 aromatic heterocycles. The molecule has 120 valence electrons. The van der Waals surface area contributed by atoms with Gasteiger partial charge in [-0.15, -0.1) is 0 Å². The molecule has 1 amide bonds. The quantitative estimate of drug-likeness (QED) is 0.625. The molecule has 0 saturated heterocycles. The van der Waals surface area contributed by atoms with Gasteiger partial charge >= 0.3 is 0 Å². The van der Waals surface area contributed by atoms with Crippen molar-refractivity contribution in [2.45, 2.75) is 32.2 Å². The van der Waals surface area contributed by atoms with Crippen LogP contribution in [0.25, 0.3) is 11.1 Å². The summed E-state index contributed by atoms with van der Waals surface area (Å²) in [6.45, 7) is 0.587. The molecule has 0 bridgehead atoms. The fourth-order valence-corrected chi connectivity index (χ4v) is 3.51. The van der Waals surface area contributed by atoms with Gasteiger partial charge in [0.15, 0.2) is 0 Å².